The Morgan fingerprint density at radius 2 is 1.88 bits per heavy atom. The number of carbonyl (C=O) groups is 1. The maximum Gasteiger partial charge on any atom is 0.387 e. The molecule has 2 aromatic carbocycles. The van der Waals surface area contributed by atoms with Gasteiger partial charge in [-0.1, -0.05) is 6.07 Å². The highest BCUT2D eigenvalue weighted by molar-refractivity contribution is 6.07. The van der Waals surface area contributed by atoms with Crippen molar-refractivity contribution in [2.24, 2.45) is 0 Å². The summed E-state index contributed by atoms with van der Waals surface area (Å²) in [6.07, 6.45) is 1.67. The molecule has 1 heterocycles. The van der Waals surface area contributed by atoms with Gasteiger partial charge in [0.05, 0.1) is 0 Å². The summed E-state index contributed by atoms with van der Waals surface area (Å²) in [6.45, 7) is 1.02. The van der Waals surface area contributed by atoms with E-state index in [0.717, 1.165) is 24.1 Å². The van der Waals surface area contributed by atoms with Crippen LogP contribution in [0.15, 0.2) is 30.3 Å². The van der Waals surface area contributed by atoms with Gasteiger partial charge in [-0.2, -0.15) is 8.78 Å². The van der Waals surface area contributed by atoms with Gasteiger partial charge in [0, 0.05) is 23.5 Å². The molecule has 0 saturated carbocycles. The molecule has 1 aliphatic heterocycles. The van der Waals surface area contributed by atoms with Crippen molar-refractivity contribution >= 4 is 29.7 Å². The largest absolute Gasteiger partial charge is 0.434 e. The lowest BCUT2D eigenvalue weighted by atomic mass is 9.98. The standard InChI is InChI=1S/C19H20F2N2O2.ClH/c1-11-9-13(10-12(2)17(11)25-19(20)21)18(24)23-8-4-5-14-15(22)6-3-7-16(14)23;/h3,6-7,9-10,19H,4-5,8,22H2,1-2H3;1H. The Bertz CT molecular complexity index is 804. The minimum atomic E-state index is -2.89. The van der Waals surface area contributed by atoms with E-state index in [1.54, 1.807) is 30.9 Å². The number of carbonyl (C=O) groups excluding carboxylic acids is 1. The second kappa shape index (κ2) is 7.91. The van der Waals surface area contributed by atoms with Gasteiger partial charge in [0.1, 0.15) is 5.75 Å². The Hall–Kier alpha value is -2.34. The highest BCUT2D eigenvalue weighted by Crippen LogP contribution is 2.33. The summed E-state index contributed by atoms with van der Waals surface area (Å²) in [7, 11) is 0. The number of benzene rings is 2. The van der Waals surface area contributed by atoms with E-state index in [9.17, 15) is 13.6 Å². The number of nitrogens with two attached hydrogens (primary N) is 1. The lowest BCUT2D eigenvalue weighted by Crippen LogP contribution is -2.35. The summed E-state index contributed by atoms with van der Waals surface area (Å²) in [5.41, 5.74) is 9.98. The molecule has 140 valence electrons. The zero-order chi connectivity index (χ0) is 18.1. The number of anilines is 2. The highest BCUT2D eigenvalue weighted by Gasteiger charge is 2.25. The third kappa shape index (κ3) is 3.75. The van der Waals surface area contributed by atoms with E-state index in [-0.39, 0.29) is 24.1 Å². The smallest absolute Gasteiger partial charge is 0.387 e. The molecular formula is C19H21ClF2N2O2. The van der Waals surface area contributed by atoms with Crippen molar-refractivity contribution in [1.29, 1.82) is 0 Å². The molecule has 1 amide bonds. The number of alkyl halides is 2. The first-order valence-electron chi connectivity index (χ1n) is 8.13. The van der Waals surface area contributed by atoms with E-state index < -0.39 is 6.61 Å². The summed E-state index contributed by atoms with van der Waals surface area (Å²) >= 11 is 0. The van der Waals surface area contributed by atoms with Crippen molar-refractivity contribution in [2.45, 2.75) is 33.3 Å². The zero-order valence-electron chi connectivity index (χ0n) is 14.6. The van der Waals surface area contributed by atoms with E-state index in [4.69, 9.17) is 5.73 Å². The van der Waals surface area contributed by atoms with Crippen LogP contribution in [0, 0.1) is 13.8 Å². The Balaban J connectivity index is 0.00000243. The van der Waals surface area contributed by atoms with Crippen LogP contribution in [0.5, 0.6) is 5.75 Å². The predicted octanol–water partition coefficient (Wildman–Crippen LogP) is 4.50. The predicted molar refractivity (Wildman–Crippen MR) is 101 cm³/mol. The molecule has 4 nitrogen and oxygen atoms in total. The normalized spacial score (nSPS) is 13.2. The summed E-state index contributed by atoms with van der Waals surface area (Å²) in [6, 6.07) is 8.73. The van der Waals surface area contributed by atoms with E-state index in [1.807, 2.05) is 18.2 Å². The number of amides is 1. The number of rotatable bonds is 3. The molecule has 3 rings (SSSR count). The van der Waals surface area contributed by atoms with E-state index >= 15 is 0 Å². The van der Waals surface area contributed by atoms with Crippen molar-refractivity contribution in [1.82, 2.24) is 0 Å². The number of nitrogen functional groups attached to an aromatic ring is 1. The summed E-state index contributed by atoms with van der Waals surface area (Å²) < 4.78 is 29.6. The molecule has 0 aliphatic carbocycles. The van der Waals surface area contributed by atoms with Crippen LogP contribution in [0.3, 0.4) is 0 Å². The molecule has 0 spiro atoms. The molecule has 0 radical (unpaired) electrons. The highest BCUT2D eigenvalue weighted by atomic mass is 35.5. The van der Waals surface area contributed by atoms with Crippen LogP contribution in [0.4, 0.5) is 20.2 Å². The summed E-state index contributed by atoms with van der Waals surface area (Å²) in [5.74, 6) is -0.0452. The maximum atomic E-state index is 13.0. The fraction of sp³-hybridized carbons (Fsp3) is 0.316. The van der Waals surface area contributed by atoms with Gasteiger partial charge in [0.25, 0.3) is 5.91 Å². The molecule has 26 heavy (non-hydrogen) atoms. The molecule has 2 aromatic rings. The molecule has 0 atom stereocenters. The number of fused-ring (bicyclic) bond motifs is 1. The van der Waals surface area contributed by atoms with Gasteiger partial charge in [-0.05, 0) is 67.6 Å². The van der Waals surface area contributed by atoms with Crippen LogP contribution in [0.25, 0.3) is 0 Å². The average molecular weight is 383 g/mol. The van der Waals surface area contributed by atoms with E-state index in [2.05, 4.69) is 4.74 Å². The van der Waals surface area contributed by atoms with Crippen LogP contribution in [-0.2, 0) is 6.42 Å². The Morgan fingerprint density at radius 3 is 2.50 bits per heavy atom. The number of ether oxygens (including phenoxy) is 1. The van der Waals surface area contributed by atoms with Crippen LogP contribution in [0.1, 0.15) is 33.5 Å². The second-order valence-electron chi connectivity index (χ2n) is 6.22. The quantitative estimate of drug-likeness (QED) is 0.795. The molecule has 0 aromatic heterocycles. The molecule has 7 heteroatoms. The minimum Gasteiger partial charge on any atom is -0.434 e. The van der Waals surface area contributed by atoms with Crippen molar-refractivity contribution in [2.75, 3.05) is 17.2 Å². The average Bonchev–Trinajstić information content (AvgIpc) is 2.57. The first-order chi connectivity index (χ1) is 11.9. The SMILES string of the molecule is Cc1cc(C(=O)N2CCCc3c(N)cccc32)cc(C)c1OC(F)F.Cl. The van der Waals surface area contributed by atoms with Crippen LogP contribution in [0.2, 0.25) is 0 Å². The van der Waals surface area contributed by atoms with Gasteiger partial charge in [-0.25, -0.2) is 0 Å². The number of halogens is 3. The van der Waals surface area contributed by atoms with Gasteiger partial charge in [0.2, 0.25) is 0 Å². The molecule has 0 bridgehead atoms. The van der Waals surface area contributed by atoms with Crippen molar-refractivity contribution < 1.29 is 18.3 Å². The van der Waals surface area contributed by atoms with Crippen molar-refractivity contribution in [3.63, 3.8) is 0 Å². The van der Waals surface area contributed by atoms with Crippen LogP contribution in [-0.4, -0.2) is 19.1 Å². The fourth-order valence-corrected chi connectivity index (χ4v) is 3.37. The third-order valence-corrected chi connectivity index (χ3v) is 4.45. The van der Waals surface area contributed by atoms with Gasteiger partial charge < -0.3 is 15.4 Å². The van der Waals surface area contributed by atoms with Crippen LogP contribution < -0.4 is 15.4 Å². The Labute approximate surface area is 157 Å². The second-order valence-corrected chi connectivity index (χ2v) is 6.22. The zero-order valence-corrected chi connectivity index (χ0v) is 15.4. The first-order valence-corrected chi connectivity index (χ1v) is 8.13. The monoisotopic (exact) mass is 382 g/mol. The number of nitrogens with zero attached hydrogens (tertiary/aromatic N) is 1. The van der Waals surface area contributed by atoms with E-state index in [1.165, 1.54) is 0 Å². The molecule has 0 fully saturated rings. The summed E-state index contributed by atoms with van der Waals surface area (Å²) in [4.78, 5) is 14.7. The van der Waals surface area contributed by atoms with Crippen molar-refractivity contribution in [3.8, 4) is 5.75 Å². The topological polar surface area (TPSA) is 55.6 Å². The third-order valence-electron chi connectivity index (χ3n) is 4.45. The Morgan fingerprint density at radius 1 is 1.23 bits per heavy atom. The lowest BCUT2D eigenvalue weighted by Gasteiger charge is -2.30. The van der Waals surface area contributed by atoms with Gasteiger partial charge in [0.15, 0.2) is 0 Å². The molecule has 2 N–H and O–H groups in total. The molecule has 0 unspecified atom stereocenters. The van der Waals surface area contributed by atoms with Crippen molar-refractivity contribution in [3.05, 3.63) is 52.6 Å². The van der Waals surface area contributed by atoms with Crippen LogP contribution >= 0.6 is 12.4 Å². The number of aryl methyl sites for hydroxylation is 2. The number of hydrogen-bond acceptors (Lipinski definition) is 3. The lowest BCUT2D eigenvalue weighted by molar-refractivity contribution is -0.0507. The molecular weight excluding hydrogens is 362 g/mol. The molecule has 1 aliphatic rings. The molecule has 0 saturated heterocycles. The van der Waals surface area contributed by atoms with Gasteiger partial charge >= 0.3 is 6.61 Å². The minimum absolute atomic E-state index is 0. The first kappa shape index (κ1) is 20.0. The summed E-state index contributed by atoms with van der Waals surface area (Å²) in [5, 5.41) is 0. The van der Waals surface area contributed by atoms with Gasteiger partial charge in [-0.3, -0.25) is 4.79 Å². The maximum absolute atomic E-state index is 13.0. The Kier molecular flexibility index (Phi) is 6.08. The fourth-order valence-electron chi connectivity index (χ4n) is 3.37. The van der Waals surface area contributed by atoms with E-state index in [0.29, 0.717) is 28.9 Å². The number of hydrogen-bond donors (Lipinski definition) is 1. The van der Waals surface area contributed by atoms with Gasteiger partial charge in [-0.15, -0.1) is 12.4 Å².